The lowest BCUT2D eigenvalue weighted by Gasteiger charge is -2.34. The number of hydrogen-bond donors (Lipinski definition) is 2. The summed E-state index contributed by atoms with van der Waals surface area (Å²) in [6.07, 6.45) is 1.36. The predicted octanol–water partition coefficient (Wildman–Crippen LogP) is 6.14. The summed E-state index contributed by atoms with van der Waals surface area (Å²) < 4.78 is 5.34. The van der Waals surface area contributed by atoms with Crippen LogP contribution in [0, 0.1) is 0 Å². The van der Waals surface area contributed by atoms with E-state index in [2.05, 4.69) is 56.7 Å². The van der Waals surface area contributed by atoms with Crippen molar-refractivity contribution in [1.82, 2.24) is 14.9 Å². The maximum atomic E-state index is 12.1. The zero-order valence-corrected chi connectivity index (χ0v) is 22.4. The van der Waals surface area contributed by atoms with Crippen molar-refractivity contribution in [2.24, 2.45) is 0 Å². The molecule has 8 nitrogen and oxygen atoms in total. The molecule has 1 amide bonds. The third-order valence-corrected chi connectivity index (χ3v) is 6.44. The molecule has 196 valence electrons. The summed E-state index contributed by atoms with van der Waals surface area (Å²) in [6.45, 7) is 9.75. The number of aromatic nitrogens is 2. The number of benzene rings is 3. The van der Waals surface area contributed by atoms with E-state index < -0.39 is 11.7 Å². The number of anilines is 4. The van der Waals surface area contributed by atoms with Crippen LogP contribution in [0.1, 0.15) is 20.8 Å². The van der Waals surface area contributed by atoms with Crippen LogP contribution >= 0.6 is 0 Å². The molecule has 1 fully saturated rings. The van der Waals surface area contributed by atoms with E-state index in [0.717, 1.165) is 53.9 Å². The molecule has 1 aliphatic rings. The molecule has 5 rings (SSSR count). The second kappa shape index (κ2) is 10.7. The molecule has 0 atom stereocenters. The normalized spacial score (nSPS) is 14.4. The number of hydrogen-bond acceptors (Lipinski definition) is 7. The van der Waals surface area contributed by atoms with Gasteiger partial charge in [0.25, 0.3) is 0 Å². The van der Waals surface area contributed by atoms with Crippen LogP contribution in [0.3, 0.4) is 0 Å². The van der Waals surface area contributed by atoms with Gasteiger partial charge in [-0.3, -0.25) is 5.32 Å². The van der Waals surface area contributed by atoms with Crippen molar-refractivity contribution >= 4 is 40.0 Å². The number of rotatable bonds is 5. The topological polar surface area (TPSA) is 82.6 Å². The molecule has 0 radical (unpaired) electrons. The largest absolute Gasteiger partial charge is 0.444 e. The molecule has 0 bridgehead atoms. The van der Waals surface area contributed by atoms with E-state index in [0.29, 0.717) is 11.6 Å². The maximum absolute atomic E-state index is 12.1. The van der Waals surface area contributed by atoms with E-state index in [1.807, 2.05) is 69.4 Å². The van der Waals surface area contributed by atoms with Gasteiger partial charge < -0.3 is 19.9 Å². The summed E-state index contributed by atoms with van der Waals surface area (Å²) in [5.41, 5.74) is 5.12. The van der Waals surface area contributed by atoms with Crippen molar-refractivity contribution in [3.63, 3.8) is 0 Å². The van der Waals surface area contributed by atoms with Crippen LogP contribution in [-0.4, -0.2) is 59.8 Å². The van der Waals surface area contributed by atoms with Crippen LogP contribution in [0.15, 0.2) is 72.9 Å². The van der Waals surface area contributed by atoms with Crippen molar-refractivity contribution in [1.29, 1.82) is 0 Å². The van der Waals surface area contributed by atoms with Gasteiger partial charge in [0, 0.05) is 60.4 Å². The smallest absolute Gasteiger partial charge is 0.412 e. The van der Waals surface area contributed by atoms with E-state index in [-0.39, 0.29) is 0 Å². The predicted molar refractivity (Wildman–Crippen MR) is 154 cm³/mol. The Balaban J connectivity index is 1.32. The van der Waals surface area contributed by atoms with Crippen LogP contribution in [0.4, 0.5) is 27.8 Å². The molecule has 4 aromatic rings. The fourth-order valence-electron chi connectivity index (χ4n) is 4.45. The number of piperazine rings is 1. The Morgan fingerprint density at radius 3 is 2.26 bits per heavy atom. The second-order valence-electron chi connectivity index (χ2n) is 10.6. The molecule has 0 aliphatic carbocycles. The monoisotopic (exact) mass is 510 g/mol. The molecule has 1 aliphatic heterocycles. The Bertz CT molecular complexity index is 1410. The number of ether oxygens (including phenoxy) is 1. The number of carbonyl (C=O) groups excluding carboxylic acids is 1. The van der Waals surface area contributed by atoms with E-state index in [4.69, 9.17) is 9.72 Å². The summed E-state index contributed by atoms with van der Waals surface area (Å²) in [5, 5.41) is 7.08. The lowest BCUT2D eigenvalue weighted by atomic mass is 10.0. The third-order valence-electron chi connectivity index (χ3n) is 6.44. The highest BCUT2D eigenvalue weighted by atomic mass is 16.6. The Morgan fingerprint density at radius 2 is 1.58 bits per heavy atom. The molecule has 1 saturated heterocycles. The Labute approximate surface area is 223 Å². The number of para-hydroxylation sites is 1. The molecule has 0 saturated carbocycles. The van der Waals surface area contributed by atoms with Crippen LogP contribution in [0.25, 0.3) is 22.0 Å². The fraction of sp³-hybridized carbons (Fsp3) is 0.300. The average molecular weight is 511 g/mol. The molecule has 8 heteroatoms. The van der Waals surface area contributed by atoms with Crippen LogP contribution in [0.5, 0.6) is 0 Å². The van der Waals surface area contributed by atoms with Crippen LogP contribution in [0.2, 0.25) is 0 Å². The van der Waals surface area contributed by atoms with E-state index in [9.17, 15) is 4.79 Å². The van der Waals surface area contributed by atoms with E-state index >= 15 is 0 Å². The first kappa shape index (κ1) is 25.5. The van der Waals surface area contributed by atoms with Gasteiger partial charge in [-0.1, -0.05) is 30.3 Å². The summed E-state index contributed by atoms with van der Waals surface area (Å²) in [7, 11) is 2.16. The minimum absolute atomic E-state index is 0.476. The third kappa shape index (κ3) is 6.20. The highest BCUT2D eigenvalue weighted by molar-refractivity contribution is 5.94. The number of likely N-dealkylation sites (N-methyl/N-ethyl adjacent to an activating group) is 1. The summed E-state index contributed by atoms with van der Waals surface area (Å²) in [6, 6.07) is 22.1. The average Bonchev–Trinajstić information content (AvgIpc) is 2.89. The first-order valence-corrected chi connectivity index (χ1v) is 12.9. The van der Waals surface area contributed by atoms with Gasteiger partial charge in [-0.15, -0.1) is 0 Å². The zero-order chi connectivity index (χ0) is 26.7. The molecular weight excluding hydrogens is 476 g/mol. The molecule has 1 aromatic heterocycles. The van der Waals surface area contributed by atoms with Gasteiger partial charge in [0.15, 0.2) is 0 Å². The van der Waals surface area contributed by atoms with E-state index in [1.54, 1.807) is 0 Å². The fourth-order valence-corrected chi connectivity index (χ4v) is 4.45. The van der Waals surface area contributed by atoms with Gasteiger partial charge >= 0.3 is 6.09 Å². The maximum Gasteiger partial charge on any atom is 0.412 e. The lowest BCUT2D eigenvalue weighted by Crippen LogP contribution is -2.44. The highest BCUT2D eigenvalue weighted by Crippen LogP contribution is 2.29. The Hall–Kier alpha value is -4.17. The lowest BCUT2D eigenvalue weighted by molar-refractivity contribution is 0.0636. The Kier molecular flexibility index (Phi) is 7.15. The molecule has 0 unspecified atom stereocenters. The summed E-state index contributed by atoms with van der Waals surface area (Å²) in [5.74, 6) is 0.542. The number of amides is 1. The molecular formula is C30H34N6O2. The van der Waals surface area contributed by atoms with Crippen LogP contribution in [-0.2, 0) is 4.74 Å². The number of carbonyl (C=O) groups is 1. The van der Waals surface area contributed by atoms with Gasteiger partial charge in [0.2, 0.25) is 5.95 Å². The number of nitrogens with zero attached hydrogens (tertiary/aromatic N) is 4. The van der Waals surface area contributed by atoms with Crippen molar-refractivity contribution < 1.29 is 9.53 Å². The van der Waals surface area contributed by atoms with Gasteiger partial charge in [-0.05, 0) is 69.8 Å². The van der Waals surface area contributed by atoms with E-state index in [1.165, 1.54) is 5.69 Å². The zero-order valence-electron chi connectivity index (χ0n) is 22.4. The van der Waals surface area contributed by atoms with Gasteiger partial charge in [0.05, 0.1) is 5.52 Å². The molecule has 0 spiro atoms. The van der Waals surface area contributed by atoms with Crippen molar-refractivity contribution in [2.75, 3.05) is 48.8 Å². The molecule has 3 aromatic carbocycles. The summed E-state index contributed by atoms with van der Waals surface area (Å²) >= 11 is 0. The SMILES string of the molecule is CN1CCN(c2ccc(Nc3ncc4cccc(-c5ccc(NC(=O)OC(C)(C)C)cc5)c4n3)cc2)CC1. The number of fused-ring (bicyclic) bond motifs is 1. The standard InChI is InChI=1S/C30H34N6O2/c1-30(2,3)38-29(37)33-24-10-8-21(9-11-24)26-7-5-6-22-20-31-28(34-27(22)26)32-23-12-14-25(15-13-23)36-18-16-35(4)17-19-36/h5-15,20H,16-19H2,1-4H3,(H,33,37)(H,31,32,34). The second-order valence-corrected chi connectivity index (χ2v) is 10.6. The van der Waals surface area contributed by atoms with Crippen molar-refractivity contribution in [2.45, 2.75) is 26.4 Å². The van der Waals surface area contributed by atoms with Crippen molar-refractivity contribution in [3.8, 4) is 11.1 Å². The van der Waals surface area contributed by atoms with Gasteiger partial charge in [0.1, 0.15) is 5.60 Å². The van der Waals surface area contributed by atoms with Crippen LogP contribution < -0.4 is 15.5 Å². The number of nitrogens with one attached hydrogen (secondary N) is 2. The van der Waals surface area contributed by atoms with Gasteiger partial charge in [-0.25, -0.2) is 14.8 Å². The quantitative estimate of drug-likeness (QED) is 0.334. The molecule has 38 heavy (non-hydrogen) atoms. The van der Waals surface area contributed by atoms with Crippen molar-refractivity contribution in [3.05, 3.63) is 72.9 Å². The first-order valence-electron chi connectivity index (χ1n) is 12.9. The summed E-state index contributed by atoms with van der Waals surface area (Å²) in [4.78, 5) is 26.2. The minimum atomic E-state index is -0.551. The molecule has 2 heterocycles. The first-order chi connectivity index (χ1) is 18.2. The molecule has 2 N–H and O–H groups in total. The minimum Gasteiger partial charge on any atom is -0.444 e. The highest BCUT2D eigenvalue weighted by Gasteiger charge is 2.17. The van der Waals surface area contributed by atoms with Gasteiger partial charge in [-0.2, -0.15) is 0 Å². The Morgan fingerprint density at radius 1 is 0.895 bits per heavy atom.